The molecular formula is C93H92F8N18O8S. The maximum Gasteiger partial charge on any atom is 0.421 e. The Morgan fingerprint density at radius 1 is 0.414 bits per heavy atom. The highest BCUT2D eigenvalue weighted by Crippen LogP contribution is 2.49. The SMILES string of the molecule is Cc1ccc(-n2nccn2)c(C(=O)N2C3CCC2C(COc2ccc(C(C)(F)F)cn2)C3)c1.Cc1ccc(-n2nccn2)c(C(=O)N2C3CCC2C(COc2nccc(C(C)(F)F)n2)C3)c1.Cc1ccc(-n2nccn2)c(C(=O)N2C3CCC2C(COc2ncccc2C(F)(F)F)C3)c1.O=C(c1ccccc1-c1cccs1)N1C2CCC1C(COc1ccc(F)cn1)C2. The molecule has 4 aromatic carbocycles. The van der Waals surface area contributed by atoms with Crippen molar-refractivity contribution in [2.24, 2.45) is 23.7 Å². The molecule has 0 aliphatic carbocycles. The number of alkyl halides is 7. The van der Waals surface area contributed by atoms with Gasteiger partial charge in [0.05, 0.1) is 104 Å². The number of amides is 4. The fourth-order valence-corrected chi connectivity index (χ4v) is 20.4. The molecular weight excluding hydrogens is 1680 g/mol. The molecule has 0 radical (unpaired) electrons. The Kier molecular flexibility index (Phi) is 25.0. The Bertz CT molecular complexity index is 5910. The lowest BCUT2D eigenvalue weighted by Gasteiger charge is -2.25. The number of pyridine rings is 3. The summed E-state index contributed by atoms with van der Waals surface area (Å²) in [5.74, 6) is -5.67. The molecule has 8 bridgehead atoms. The number of aryl methyl sites for hydroxylation is 3. The quantitative estimate of drug-likeness (QED) is 0.0570. The van der Waals surface area contributed by atoms with Crippen molar-refractivity contribution < 1.29 is 73.2 Å². The molecule has 8 fully saturated rings. The van der Waals surface area contributed by atoms with E-state index in [0.29, 0.717) is 65.1 Å². The van der Waals surface area contributed by atoms with E-state index in [-0.39, 0.29) is 132 Å². The van der Waals surface area contributed by atoms with E-state index in [0.717, 1.165) is 136 Å². The van der Waals surface area contributed by atoms with Gasteiger partial charge >= 0.3 is 12.2 Å². The largest absolute Gasteiger partial charge is 0.477 e. The number of fused-ring (bicyclic) bond motifs is 8. The predicted octanol–water partition coefficient (Wildman–Crippen LogP) is 16.8. The minimum atomic E-state index is -4.54. The van der Waals surface area contributed by atoms with E-state index in [4.69, 9.17) is 18.9 Å². The number of nitrogens with zero attached hydrogens (tertiary/aromatic N) is 18. The highest BCUT2D eigenvalue weighted by molar-refractivity contribution is 7.13. The van der Waals surface area contributed by atoms with Gasteiger partial charge < -0.3 is 38.5 Å². The molecule has 35 heteroatoms. The van der Waals surface area contributed by atoms with Gasteiger partial charge in [-0.05, 0) is 182 Å². The van der Waals surface area contributed by atoms with Gasteiger partial charge in [-0.3, -0.25) is 19.2 Å². The van der Waals surface area contributed by atoms with E-state index >= 15 is 0 Å². The van der Waals surface area contributed by atoms with E-state index < -0.39 is 29.5 Å². The van der Waals surface area contributed by atoms with Crippen molar-refractivity contribution in [3.63, 3.8) is 0 Å². The first kappa shape index (κ1) is 87.1. The van der Waals surface area contributed by atoms with Crippen LogP contribution in [0.4, 0.5) is 35.1 Å². The van der Waals surface area contributed by atoms with Crippen molar-refractivity contribution in [1.82, 2.24) is 89.5 Å². The summed E-state index contributed by atoms with van der Waals surface area (Å²) >= 11 is 1.65. The van der Waals surface area contributed by atoms with Gasteiger partial charge in [-0.2, -0.15) is 71.9 Å². The van der Waals surface area contributed by atoms with Crippen molar-refractivity contribution in [2.75, 3.05) is 26.4 Å². The fourth-order valence-electron chi connectivity index (χ4n) is 19.6. The van der Waals surface area contributed by atoms with E-state index in [1.54, 1.807) is 54.6 Å². The van der Waals surface area contributed by atoms with Crippen LogP contribution in [-0.2, 0) is 18.0 Å². The fraction of sp³-hybridized carbons (Fsp3) is 0.387. The first-order valence-corrected chi connectivity index (χ1v) is 43.6. The van der Waals surface area contributed by atoms with Gasteiger partial charge in [-0.1, -0.05) is 59.2 Å². The van der Waals surface area contributed by atoms with Crippen LogP contribution >= 0.6 is 11.3 Å². The monoisotopic (exact) mass is 1770 g/mol. The maximum atomic E-state index is 13.7. The summed E-state index contributed by atoms with van der Waals surface area (Å²) in [5.41, 5.74) is 6.82. The summed E-state index contributed by atoms with van der Waals surface area (Å²) in [6, 6.07) is 38.6. The molecule has 12 atom stereocenters. The number of benzene rings is 4. The van der Waals surface area contributed by atoms with Crippen molar-refractivity contribution in [3.05, 3.63) is 262 Å². The second-order valence-corrected chi connectivity index (χ2v) is 34.8. The van der Waals surface area contributed by atoms with Gasteiger partial charge in [0.15, 0.2) is 0 Å². The minimum Gasteiger partial charge on any atom is -0.477 e. The lowest BCUT2D eigenvalue weighted by Crippen LogP contribution is -2.38. The number of halogens is 8. The van der Waals surface area contributed by atoms with Gasteiger partial charge in [0.1, 0.15) is 17.1 Å². The predicted molar refractivity (Wildman–Crippen MR) is 453 cm³/mol. The topological polar surface area (TPSA) is 275 Å². The van der Waals surface area contributed by atoms with E-state index in [1.165, 1.54) is 57.1 Å². The first-order valence-electron chi connectivity index (χ1n) is 42.7. The normalized spacial score (nSPS) is 22.2. The molecule has 8 aliphatic heterocycles. The molecule has 12 unspecified atom stereocenters. The number of carbonyl (C=O) groups is 4. The van der Waals surface area contributed by atoms with Gasteiger partial charge in [0.2, 0.25) is 17.6 Å². The summed E-state index contributed by atoms with van der Waals surface area (Å²) < 4.78 is 130. The van der Waals surface area contributed by atoms with Crippen LogP contribution in [0, 0.1) is 50.3 Å². The van der Waals surface area contributed by atoms with Crippen molar-refractivity contribution >= 4 is 35.0 Å². The lowest BCUT2D eigenvalue weighted by molar-refractivity contribution is -0.139. The van der Waals surface area contributed by atoms with Gasteiger partial charge in [-0.15, -0.1) is 11.3 Å². The zero-order valence-electron chi connectivity index (χ0n) is 70.5. The molecule has 12 aromatic rings. The first-order chi connectivity index (χ1) is 61.6. The number of thiophene rings is 1. The van der Waals surface area contributed by atoms with E-state index in [1.807, 2.05) is 126 Å². The van der Waals surface area contributed by atoms with Crippen LogP contribution in [0.5, 0.6) is 23.7 Å². The molecule has 664 valence electrons. The number of carbonyl (C=O) groups excluding carboxylic acids is 4. The zero-order chi connectivity index (χ0) is 89.3. The van der Waals surface area contributed by atoms with Gasteiger partial charge in [0, 0.05) is 138 Å². The van der Waals surface area contributed by atoms with Crippen LogP contribution in [0.15, 0.2) is 201 Å². The van der Waals surface area contributed by atoms with E-state index in [2.05, 4.69) is 66.5 Å². The number of rotatable bonds is 22. The molecule has 8 aromatic heterocycles. The molecule has 8 aliphatic rings. The van der Waals surface area contributed by atoms with Crippen LogP contribution < -0.4 is 18.9 Å². The molecule has 4 amide bonds. The second-order valence-electron chi connectivity index (χ2n) is 33.9. The maximum absolute atomic E-state index is 13.7. The van der Waals surface area contributed by atoms with Crippen LogP contribution in [-0.4, -0.2) is 188 Å². The van der Waals surface area contributed by atoms with Crippen LogP contribution in [0.2, 0.25) is 0 Å². The Morgan fingerprint density at radius 3 is 1.25 bits per heavy atom. The number of hydrogen-bond donors (Lipinski definition) is 0. The smallest absolute Gasteiger partial charge is 0.421 e. The Hall–Kier alpha value is -13.0. The summed E-state index contributed by atoms with van der Waals surface area (Å²) in [4.78, 5) is 87.4. The Labute approximate surface area is 735 Å². The summed E-state index contributed by atoms with van der Waals surface area (Å²) in [7, 11) is 0. The van der Waals surface area contributed by atoms with Crippen LogP contribution in [0.25, 0.3) is 27.5 Å². The second kappa shape index (κ2) is 36.8. The number of hydrogen-bond acceptors (Lipinski definition) is 20. The highest BCUT2D eigenvalue weighted by Gasteiger charge is 2.54. The van der Waals surface area contributed by atoms with E-state index in [9.17, 15) is 54.3 Å². The lowest BCUT2D eigenvalue weighted by atomic mass is 9.90. The number of ether oxygens (including phenoxy) is 4. The summed E-state index contributed by atoms with van der Waals surface area (Å²) in [5, 5.41) is 27.1. The van der Waals surface area contributed by atoms with Gasteiger partial charge in [-0.25, -0.2) is 33.1 Å². The Balaban J connectivity index is 0.000000120. The van der Waals surface area contributed by atoms with Crippen molar-refractivity contribution in [3.8, 4) is 51.2 Å². The Morgan fingerprint density at radius 2 is 0.844 bits per heavy atom. The number of aromatic nitrogens is 14. The average molecular weight is 1770 g/mol. The highest BCUT2D eigenvalue weighted by atomic mass is 32.1. The molecule has 0 N–H and O–H groups in total. The summed E-state index contributed by atoms with van der Waals surface area (Å²) in [6.07, 6.45) is 20.4. The molecule has 16 heterocycles. The zero-order valence-corrected chi connectivity index (χ0v) is 71.4. The minimum absolute atomic E-state index is 0.0113. The van der Waals surface area contributed by atoms with Crippen molar-refractivity contribution in [2.45, 2.75) is 178 Å². The molecule has 8 saturated heterocycles. The summed E-state index contributed by atoms with van der Waals surface area (Å²) in [6.45, 7) is 8.68. The third-order valence-corrected chi connectivity index (χ3v) is 26.4. The van der Waals surface area contributed by atoms with Gasteiger partial charge in [0.25, 0.3) is 35.5 Å². The third kappa shape index (κ3) is 18.6. The van der Waals surface area contributed by atoms with Crippen LogP contribution in [0.1, 0.15) is 166 Å². The molecule has 26 nitrogen and oxygen atoms in total. The van der Waals surface area contributed by atoms with Crippen molar-refractivity contribution in [1.29, 1.82) is 0 Å². The third-order valence-electron chi connectivity index (χ3n) is 25.4. The standard InChI is InChI=1S/C24H25F2N5O2.C23H22F3N5O2.C23H24F2N6O2.C23H21FN2O2S/c1-15-3-6-21(31-28-9-10-29-31)19(11-15)23(32)30-18-5-7-20(30)16(12-18)14-33-22-8-4-17(13-27-22)24(2,25)26;1-14-4-6-20(31-28-9-10-29-31)17(11-14)22(32)30-16-5-7-19(30)15(12-16)13-33-21-18(23(24,25)26)3-2-8-27-21;1-14-3-5-19(31-27-9-10-28-31)17(11-14)21(32)30-16-4-6-18(30)15(12-16)13-33-22-26-8-7-20(29-22)23(2,24)25;24-16-7-10-22(25-13-16)28-14-15-12-17-8-9-20(15)26(17)23(27)19-5-2-1-4-18(19)21-6-3-11-29-21/h3-4,6,8-11,13,16,18,20H,5,7,12,14H2,1-2H3;2-4,6,8-11,15-16,19H,5,7,12-13H2,1H3;3,5,7-11,15-16,18H,4,6,12-13H2,1-2H3;1-7,10-11,13,15,17,20H,8-9,12,14H2. The molecule has 0 spiro atoms. The van der Waals surface area contributed by atoms with Crippen LogP contribution in [0.3, 0.4) is 0 Å². The molecule has 0 saturated carbocycles. The molecule has 20 rings (SSSR count). The molecule has 128 heavy (non-hydrogen) atoms. The average Bonchev–Trinajstić information content (AvgIpc) is 1.68.